The van der Waals surface area contributed by atoms with Gasteiger partial charge in [0.25, 0.3) is 0 Å². The number of hydrogen-bond donors (Lipinski definition) is 1. The van der Waals surface area contributed by atoms with Crippen molar-refractivity contribution in [3.63, 3.8) is 0 Å². The van der Waals surface area contributed by atoms with Crippen LogP contribution in [0.3, 0.4) is 0 Å². The lowest BCUT2D eigenvalue weighted by atomic mass is 9.72. The van der Waals surface area contributed by atoms with Crippen LogP contribution in [0, 0.1) is 0 Å². The van der Waals surface area contributed by atoms with E-state index < -0.39 is 0 Å². The SMILES string of the molecule is COC1(C(N)C2=COCCC2)CCC1. The van der Waals surface area contributed by atoms with Gasteiger partial charge in [0.15, 0.2) is 0 Å². The summed E-state index contributed by atoms with van der Waals surface area (Å²) >= 11 is 0. The van der Waals surface area contributed by atoms with Gasteiger partial charge in [-0.3, -0.25) is 0 Å². The highest BCUT2D eigenvalue weighted by Gasteiger charge is 2.44. The van der Waals surface area contributed by atoms with E-state index in [1.54, 1.807) is 7.11 Å². The van der Waals surface area contributed by atoms with Crippen molar-refractivity contribution in [1.29, 1.82) is 0 Å². The standard InChI is InChI=1S/C11H19NO2/c1-13-11(5-3-6-11)10(12)9-4-2-7-14-8-9/h8,10H,2-7,12H2,1H3. The maximum absolute atomic E-state index is 6.23. The largest absolute Gasteiger partial charge is 0.501 e. The molecule has 0 aromatic rings. The Labute approximate surface area is 85.3 Å². The molecular formula is C11H19NO2. The first-order valence-corrected chi connectivity index (χ1v) is 5.40. The summed E-state index contributed by atoms with van der Waals surface area (Å²) in [5.74, 6) is 0. The summed E-state index contributed by atoms with van der Waals surface area (Å²) in [6.07, 6.45) is 7.39. The van der Waals surface area contributed by atoms with Gasteiger partial charge in [-0.1, -0.05) is 0 Å². The van der Waals surface area contributed by atoms with Crippen molar-refractivity contribution >= 4 is 0 Å². The fraction of sp³-hybridized carbons (Fsp3) is 0.818. The van der Waals surface area contributed by atoms with Crippen molar-refractivity contribution in [2.45, 2.75) is 43.7 Å². The van der Waals surface area contributed by atoms with Crippen molar-refractivity contribution in [2.24, 2.45) is 5.73 Å². The number of nitrogens with two attached hydrogens (primary N) is 1. The van der Waals surface area contributed by atoms with Gasteiger partial charge in [0.05, 0.1) is 24.5 Å². The highest BCUT2D eigenvalue weighted by Crippen LogP contribution is 2.40. The number of hydrogen-bond acceptors (Lipinski definition) is 3. The van der Waals surface area contributed by atoms with Gasteiger partial charge in [0.1, 0.15) is 0 Å². The molecule has 1 heterocycles. The lowest BCUT2D eigenvalue weighted by molar-refractivity contribution is -0.0837. The highest BCUT2D eigenvalue weighted by molar-refractivity contribution is 5.18. The fourth-order valence-corrected chi connectivity index (χ4v) is 2.32. The zero-order valence-corrected chi connectivity index (χ0v) is 8.79. The predicted octanol–water partition coefficient (Wildman–Crippen LogP) is 1.58. The van der Waals surface area contributed by atoms with Crippen LogP contribution in [0.5, 0.6) is 0 Å². The van der Waals surface area contributed by atoms with Gasteiger partial charge in [-0.2, -0.15) is 0 Å². The quantitative estimate of drug-likeness (QED) is 0.747. The third-order valence-corrected chi connectivity index (χ3v) is 3.54. The molecule has 80 valence electrons. The number of methoxy groups -OCH3 is 1. The Bertz CT molecular complexity index is 228. The zero-order chi connectivity index (χ0) is 10.0. The third-order valence-electron chi connectivity index (χ3n) is 3.54. The van der Waals surface area contributed by atoms with E-state index >= 15 is 0 Å². The topological polar surface area (TPSA) is 44.5 Å². The summed E-state index contributed by atoms with van der Waals surface area (Å²) in [5.41, 5.74) is 7.36. The summed E-state index contributed by atoms with van der Waals surface area (Å²) in [6.45, 7) is 0.830. The Morgan fingerprint density at radius 3 is 2.71 bits per heavy atom. The molecule has 0 aromatic carbocycles. The van der Waals surface area contributed by atoms with Crippen molar-refractivity contribution < 1.29 is 9.47 Å². The summed E-state index contributed by atoms with van der Waals surface area (Å²) < 4.78 is 10.9. The molecule has 1 aliphatic carbocycles. The molecule has 0 spiro atoms. The van der Waals surface area contributed by atoms with E-state index in [4.69, 9.17) is 15.2 Å². The predicted molar refractivity (Wildman–Crippen MR) is 54.8 cm³/mol. The monoisotopic (exact) mass is 197 g/mol. The maximum Gasteiger partial charge on any atom is 0.0876 e. The van der Waals surface area contributed by atoms with Gasteiger partial charge in [-0.05, 0) is 37.7 Å². The van der Waals surface area contributed by atoms with Crippen LogP contribution in [0.4, 0.5) is 0 Å². The minimum atomic E-state index is -0.0907. The molecule has 1 unspecified atom stereocenters. The average Bonchev–Trinajstić information content (AvgIpc) is 2.18. The van der Waals surface area contributed by atoms with Crippen LogP contribution in [-0.4, -0.2) is 25.4 Å². The molecule has 0 amide bonds. The van der Waals surface area contributed by atoms with E-state index in [0.29, 0.717) is 0 Å². The second-order valence-electron chi connectivity index (χ2n) is 4.27. The molecule has 0 bridgehead atoms. The molecule has 2 N–H and O–H groups in total. The van der Waals surface area contributed by atoms with Gasteiger partial charge in [0, 0.05) is 7.11 Å². The number of rotatable bonds is 3. The molecule has 14 heavy (non-hydrogen) atoms. The Hall–Kier alpha value is -0.540. The average molecular weight is 197 g/mol. The van der Waals surface area contributed by atoms with Crippen molar-refractivity contribution in [3.8, 4) is 0 Å². The second kappa shape index (κ2) is 3.91. The van der Waals surface area contributed by atoms with Crippen LogP contribution in [0.2, 0.25) is 0 Å². The Morgan fingerprint density at radius 1 is 1.50 bits per heavy atom. The fourth-order valence-electron chi connectivity index (χ4n) is 2.32. The summed E-state index contributed by atoms with van der Waals surface area (Å²) in [6, 6.07) is 0.0292. The van der Waals surface area contributed by atoms with E-state index in [1.807, 2.05) is 6.26 Å². The second-order valence-corrected chi connectivity index (χ2v) is 4.27. The van der Waals surface area contributed by atoms with Crippen LogP contribution in [0.15, 0.2) is 11.8 Å². The molecule has 3 nitrogen and oxygen atoms in total. The Kier molecular flexibility index (Phi) is 2.79. The van der Waals surface area contributed by atoms with Gasteiger partial charge >= 0.3 is 0 Å². The van der Waals surface area contributed by atoms with Crippen LogP contribution in [-0.2, 0) is 9.47 Å². The minimum Gasteiger partial charge on any atom is -0.501 e. The maximum atomic E-state index is 6.23. The van der Waals surface area contributed by atoms with Crippen LogP contribution in [0.1, 0.15) is 32.1 Å². The lowest BCUT2D eigenvalue weighted by Crippen LogP contribution is -2.55. The van der Waals surface area contributed by atoms with Gasteiger partial charge < -0.3 is 15.2 Å². The zero-order valence-electron chi connectivity index (χ0n) is 8.79. The summed E-state index contributed by atoms with van der Waals surface area (Å²) in [4.78, 5) is 0. The third kappa shape index (κ3) is 1.55. The molecule has 2 rings (SSSR count). The van der Waals surface area contributed by atoms with Gasteiger partial charge in [0.2, 0.25) is 0 Å². The Morgan fingerprint density at radius 2 is 2.29 bits per heavy atom. The van der Waals surface area contributed by atoms with Gasteiger partial charge in [-0.25, -0.2) is 0 Å². The molecular weight excluding hydrogens is 178 g/mol. The van der Waals surface area contributed by atoms with E-state index in [9.17, 15) is 0 Å². The molecule has 0 radical (unpaired) electrons. The molecule has 0 saturated heterocycles. The summed E-state index contributed by atoms with van der Waals surface area (Å²) in [5, 5.41) is 0. The van der Waals surface area contributed by atoms with Crippen LogP contribution < -0.4 is 5.73 Å². The number of ether oxygens (including phenoxy) is 2. The first-order valence-electron chi connectivity index (χ1n) is 5.40. The molecule has 2 aliphatic rings. The smallest absolute Gasteiger partial charge is 0.0876 e. The minimum absolute atomic E-state index is 0.0292. The van der Waals surface area contributed by atoms with Crippen molar-refractivity contribution in [3.05, 3.63) is 11.8 Å². The molecule has 1 aliphatic heterocycles. The normalized spacial score (nSPS) is 27.1. The van der Waals surface area contributed by atoms with E-state index in [-0.39, 0.29) is 11.6 Å². The van der Waals surface area contributed by atoms with Crippen molar-refractivity contribution in [1.82, 2.24) is 0 Å². The summed E-state index contributed by atoms with van der Waals surface area (Å²) in [7, 11) is 1.77. The Balaban J connectivity index is 2.05. The van der Waals surface area contributed by atoms with Crippen molar-refractivity contribution in [2.75, 3.05) is 13.7 Å². The van der Waals surface area contributed by atoms with E-state index in [0.717, 1.165) is 32.3 Å². The first-order chi connectivity index (χ1) is 6.78. The first kappa shape index (κ1) is 9.99. The van der Waals surface area contributed by atoms with Crippen LogP contribution in [0.25, 0.3) is 0 Å². The molecule has 1 saturated carbocycles. The van der Waals surface area contributed by atoms with E-state index in [1.165, 1.54) is 12.0 Å². The lowest BCUT2D eigenvalue weighted by Gasteiger charge is -2.46. The van der Waals surface area contributed by atoms with E-state index in [2.05, 4.69) is 0 Å². The molecule has 0 aromatic heterocycles. The molecule has 3 heteroatoms. The molecule has 1 atom stereocenters. The van der Waals surface area contributed by atoms with Gasteiger partial charge in [-0.15, -0.1) is 0 Å². The highest BCUT2D eigenvalue weighted by atomic mass is 16.5. The molecule has 1 fully saturated rings. The van der Waals surface area contributed by atoms with Crippen LogP contribution >= 0.6 is 0 Å².